The minimum absolute atomic E-state index is 0.0718. The SMILES string of the molecule is Cc1cccc(OC(F)F)c1C#N. The Hall–Kier alpha value is -1.63. The molecule has 1 aromatic carbocycles. The zero-order chi connectivity index (χ0) is 9.84. The van der Waals surface area contributed by atoms with Gasteiger partial charge in [0, 0.05) is 0 Å². The van der Waals surface area contributed by atoms with Crippen LogP contribution in [0.4, 0.5) is 8.78 Å². The van der Waals surface area contributed by atoms with Crippen LogP contribution in [-0.4, -0.2) is 6.61 Å². The minimum atomic E-state index is -2.89. The molecule has 0 aliphatic heterocycles. The summed E-state index contributed by atoms with van der Waals surface area (Å²) in [5.41, 5.74) is 0.781. The summed E-state index contributed by atoms with van der Waals surface area (Å²) >= 11 is 0. The average molecular weight is 183 g/mol. The molecule has 4 heteroatoms. The number of nitriles is 1. The van der Waals surface area contributed by atoms with Crippen LogP contribution in [0.15, 0.2) is 18.2 Å². The van der Waals surface area contributed by atoms with Crippen molar-refractivity contribution in [2.75, 3.05) is 0 Å². The summed E-state index contributed by atoms with van der Waals surface area (Å²) in [7, 11) is 0. The molecule has 2 nitrogen and oxygen atoms in total. The van der Waals surface area contributed by atoms with Gasteiger partial charge in [0.05, 0.1) is 5.56 Å². The summed E-state index contributed by atoms with van der Waals surface area (Å²) in [6.07, 6.45) is 0. The maximum absolute atomic E-state index is 11.8. The van der Waals surface area contributed by atoms with Crippen molar-refractivity contribution in [3.63, 3.8) is 0 Å². The lowest BCUT2D eigenvalue weighted by atomic mass is 10.1. The van der Waals surface area contributed by atoms with E-state index in [0.717, 1.165) is 0 Å². The van der Waals surface area contributed by atoms with Crippen LogP contribution in [0.1, 0.15) is 11.1 Å². The van der Waals surface area contributed by atoms with Gasteiger partial charge in [-0.05, 0) is 18.6 Å². The first-order valence-corrected chi connectivity index (χ1v) is 3.59. The Labute approximate surface area is 74.4 Å². The Bertz CT molecular complexity index is 344. The third kappa shape index (κ3) is 2.15. The second-order valence-electron chi connectivity index (χ2n) is 2.44. The van der Waals surface area contributed by atoms with Crippen molar-refractivity contribution in [3.05, 3.63) is 29.3 Å². The molecule has 0 N–H and O–H groups in total. The summed E-state index contributed by atoms with van der Waals surface area (Å²) in [6, 6.07) is 6.38. The Morgan fingerprint density at radius 1 is 1.46 bits per heavy atom. The predicted molar refractivity (Wildman–Crippen MR) is 42.5 cm³/mol. The predicted octanol–water partition coefficient (Wildman–Crippen LogP) is 2.47. The number of benzene rings is 1. The first kappa shape index (κ1) is 9.46. The Balaban J connectivity index is 3.07. The van der Waals surface area contributed by atoms with Gasteiger partial charge in [-0.15, -0.1) is 0 Å². The van der Waals surface area contributed by atoms with Crippen molar-refractivity contribution in [2.24, 2.45) is 0 Å². The van der Waals surface area contributed by atoms with Crippen molar-refractivity contribution in [1.82, 2.24) is 0 Å². The second-order valence-corrected chi connectivity index (χ2v) is 2.44. The van der Waals surface area contributed by atoms with Crippen LogP contribution in [0, 0.1) is 18.3 Å². The van der Waals surface area contributed by atoms with Crippen LogP contribution < -0.4 is 4.74 Å². The number of rotatable bonds is 2. The van der Waals surface area contributed by atoms with Gasteiger partial charge in [0.25, 0.3) is 0 Å². The molecule has 0 atom stereocenters. The largest absolute Gasteiger partial charge is 0.433 e. The van der Waals surface area contributed by atoms with Gasteiger partial charge in [-0.1, -0.05) is 12.1 Å². The molecule has 0 spiro atoms. The summed E-state index contributed by atoms with van der Waals surface area (Å²) in [5.74, 6) is -0.0718. The average Bonchev–Trinajstić information content (AvgIpc) is 2.03. The van der Waals surface area contributed by atoms with Crippen molar-refractivity contribution in [1.29, 1.82) is 5.26 Å². The second kappa shape index (κ2) is 3.85. The first-order valence-electron chi connectivity index (χ1n) is 3.59. The van der Waals surface area contributed by atoms with Gasteiger partial charge >= 0.3 is 6.61 Å². The lowest BCUT2D eigenvalue weighted by molar-refractivity contribution is -0.0500. The van der Waals surface area contributed by atoms with Gasteiger partial charge in [-0.3, -0.25) is 0 Å². The van der Waals surface area contributed by atoms with E-state index >= 15 is 0 Å². The normalized spacial score (nSPS) is 9.77. The molecule has 0 bridgehead atoms. The number of ether oxygens (including phenoxy) is 1. The van der Waals surface area contributed by atoms with Crippen molar-refractivity contribution in [2.45, 2.75) is 13.5 Å². The fourth-order valence-corrected chi connectivity index (χ4v) is 0.978. The van der Waals surface area contributed by atoms with E-state index in [2.05, 4.69) is 4.74 Å². The highest BCUT2D eigenvalue weighted by molar-refractivity contribution is 5.48. The van der Waals surface area contributed by atoms with E-state index in [0.29, 0.717) is 5.56 Å². The van der Waals surface area contributed by atoms with Crippen molar-refractivity contribution in [3.8, 4) is 11.8 Å². The minimum Gasteiger partial charge on any atom is -0.433 e. The summed E-state index contributed by atoms with van der Waals surface area (Å²) in [4.78, 5) is 0. The number of nitrogens with zero attached hydrogens (tertiary/aromatic N) is 1. The Kier molecular flexibility index (Phi) is 2.80. The molecule has 1 rings (SSSR count). The van der Waals surface area contributed by atoms with Crippen molar-refractivity contribution >= 4 is 0 Å². The van der Waals surface area contributed by atoms with Gasteiger partial charge in [0.1, 0.15) is 11.8 Å². The zero-order valence-electron chi connectivity index (χ0n) is 6.92. The van der Waals surface area contributed by atoms with Gasteiger partial charge in [0.15, 0.2) is 0 Å². The van der Waals surface area contributed by atoms with Crippen LogP contribution in [-0.2, 0) is 0 Å². The van der Waals surface area contributed by atoms with Crippen LogP contribution in [0.2, 0.25) is 0 Å². The van der Waals surface area contributed by atoms with Crippen LogP contribution in [0.5, 0.6) is 5.75 Å². The molecule has 0 amide bonds. The van der Waals surface area contributed by atoms with E-state index < -0.39 is 6.61 Å². The maximum Gasteiger partial charge on any atom is 0.387 e. The van der Waals surface area contributed by atoms with E-state index in [-0.39, 0.29) is 11.3 Å². The molecule has 68 valence electrons. The summed E-state index contributed by atoms with van der Waals surface area (Å²) < 4.78 is 27.8. The van der Waals surface area contributed by atoms with E-state index in [9.17, 15) is 8.78 Å². The van der Waals surface area contributed by atoms with Gasteiger partial charge in [-0.2, -0.15) is 14.0 Å². The first-order chi connectivity index (χ1) is 6.15. The molecule has 13 heavy (non-hydrogen) atoms. The molecule has 0 unspecified atom stereocenters. The molecule has 0 aromatic heterocycles. The number of alkyl halides is 2. The standard InChI is InChI=1S/C9H7F2NO/c1-6-3-2-4-8(7(6)5-12)13-9(10)11/h2-4,9H,1H3. The highest BCUT2D eigenvalue weighted by Gasteiger charge is 2.10. The van der Waals surface area contributed by atoms with Gasteiger partial charge in [0.2, 0.25) is 0 Å². The molecule has 0 saturated heterocycles. The van der Waals surface area contributed by atoms with E-state index in [4.69, 9.17) is 5.26 Å². The van der Waals surface area contributed by atoms with Crippen LogP contribution in [0.3, 0.4) is 0 Å². The smallest absolute Gasteiger partial charge is 0.387 e. The topological polar surface area (TPSA) is 33.0 Å². The third-order valence-electron chi connectivity index (χ3n) is 1.56. The highest BCUT2D eigenvalue weighted by atomic mass is 19.3. The molecule has 0 radical (unpaired) electrons. The molecule has 0 aliphatic carbocycles. The van der Waals surface area contributed by atoms with Gasteiger partial charge < -0.3 is 4.74 Å². The van der Waals surface area contributed by atoms with Crippen LogP contribution >= 0.6 is 0 Å². The van der Waals surface area contributed by atoms with Crippen molar-refractivity contribution < 1.29 is 13.5 Å². The summed E-state index contributed by atoms with van der Waals surface area (Å²) in [6.45, 7) is -1.23. The molecular formula is C9H7F2NO. The van der Waals surface area contributed by atoms with E-state index in [1.54, 1.807) is 19.1 Å². The molecule has 0 fully saturated rings. The molecular weight excluding hydrogens is 176 g/mol. The quantitative estimate of drug-likeness (QED) is 0.705. The molecule has 1 aromatic rings. The Morgan fingerprint density at radius 3 is 2.69 bits per heavy atom. The number of hydrogen-bond donors (Lipinski definition) is 0. The van der Waals surface area contributed by atoms with Gasteiger partial charge in [-0.25, -0.2) is 0 Å². The fraction of sp³-hybridized carbons (Fsp3) is 0.222. The molecule has 0 heterocycles. The van der Waals surface area contributed by atoms with E-state index in [1.807, 2.05) is 6.07 Å². The monoisotopic (exact) mass is 183 g/mol. The fourth-order valence-electron chi connectivity index (χ4n) is 0.978. The molecule has 0 saturated carbocycles. The maximum atomic E-state index is 11.8. The van der Waals surface area contributed by atoms with Crippen LogP contribution in [0.25, 0.3) is 0 Å². The number of aryl methyl sites for hydroxylation is 1. The van der Waals surface area contributed by atoms with E-state index in [1.165, 1.54) is 6.07 Å². The third-order valence-corrected chi connectivity index (χ3v) is 1.56. The lowest BCUT2D eigenvalue weighted by Crippen LogP contribution is -2.03. The summed E-state index contributed by atoms with van der Waals surface area (Å²) in [5, 5.41) is 8.64. The number of hydrogen-bond acceptors (Lipinski definition) is 2. The molecule has 0 aliphatic rings. The highest BCUT2D eigenvalue weighted by Crippen LogP contribution is 2.22. The Morgan fingerprint density at radius 2 is 2.15 bits per heavy atom. The lowest BCUT2D eigenvalue weighted by Gasteiger charge is -2.07. The number of halogens is 2. The zero-order valence-corrected chi connectivity index (χ0v) is 6.92.